The van der Waals surface area contributed by atoms with Gasteiger partial charge in [-0.1, -0.05) is 12.1 Å². The Balaban J connectivity index is 1.73. The van der Waals surface area contributed by atoms with E-state index in [1.165, 1.54) is 19.2 Å². The number of methoxy groups -OCH3 is 2. The molecular formula is C21H25FN2O4. The van der Waals surface area contributed by atoms with Crippen LogP contribution < -0.4 is 14.8 Å². The van der Waals surface area contributed by atoms with Gasteiger partial charge in [0.1, 0.15) is 5.82 Å². The minimum Gasteiger partial charge on any atom is -0.493 e. The summed E-state index contributed by atoms with van der Waals surface area (Å²) < 4.78 is 29.2. The molecule has 1 heterocycles. The zero-order valence-corrected chi connectivity index (χ0v) is 16.1. The van der Waals surface area contributed by atoms with Gasteiger partial charge in [-0.05, 0) is 35.9 Å². The van der Waals surface area contributed by atoms with Crippen molar-refractivity contribution in [3.8, 4) is 11.5 Å². The fourth-order valence-electron chi connectivity index (χ4n) is 3.30. The number of ether oxygens (including phenoxy) is 3. The summed E-state index contributed by atoms with van der Waals surface area (Å²) in [4.78, 5) is 14.9. The summed E-state index contributed by atoms with van der Waals surface area (Å²) in [5.74, 6) is 0.579. The molecule has 1 amide bonds. The molecule has 0 aromatic heterocycles. The van der Waals surface area contributed by atoms with Crippen LogP contribution in [0.4, 0.5) is 4.39 Å². The Morgan fingerprint density at radius 3 is 2.43 bits per heavy atom. The van der Waals surface area contributed by atoms with Crippen LogP contribution in [-0.4, -0.2) is 57.9 Å². The predicted molar refractivity (Wildman–Crippen MR) is 103 cm³/mol. The molecule has 1 N–H and O–H groups in total. The van der Waals surface area contributed by atoms with Gasteiger partial charge < -0.3 is 19.5 Å². The molecule has 2 aromatic rings. The SMILES string of the molecule is COc1ccc(C(=O)NCC(c2ccc(F)cc2)N2CCOCC2)cc1OC. The van der Waals surface area contributed by atoms with Crippen LogP contribution in [0.15, 0.2) is 42.5 Å². The van der Waals surface area contributed by atoms with E-state index in [2.05, 4.69) is 10.2 Å². The van der Waals surface area contributed by atoms with Crippen LogP contribution in [0, 0.1) is 5.82 Å². The molecule has 1 atom stereocenters. The second kappa shape index (κ2) is 9.52. The lowest BCUT2D eigenvalue weighted by molar-refractivity contribution is 0.0162. The minimum absolute atomic E-state index is 0.0615. The number of hydrogen-bond acceptors (Lipinski definition) is 5. The zero-order chi connectivity index (χ0) is 19.9. The van der Waals surface area contributed by atoms with Gasteiger partial charge in [-0.25, -0.2) is 4.39 Å². The molecule has 0 aliphatic carbocycles. The van der Waals surface area contributed by atoms with Crippen molar-refractivity contribution in [3.63, 3.8) is 0 Å². The lowest BCUT2D eigenvalue weighted by Gasteiger charge is -2.35. The normalized spacial score (nSPS) is 15.7. The number of carbonyl (C=O) groups is 1. The summed E-state index contributed by atoms with van der Waals surface area (Å²) >= 11 is 0. The first-order chi connectivity index (χ1) is 13.6. The van der Waals surface area contributed by atoms with Crippen LogP contribution in [0.2, 0.25) is 0 Å². The molecule has 0 saturated carbocycles. The Hall–Kier alpha value is -2.64. The van der Waals surface area contributed by atoms with Gasteiger partial charge in [-0.15, -0.1) is 0 Å². The van der Waals surface area contributed by atoms with Gasteiger partial charge >= 0.3 is 0 Å². The number of carbonyl (C=O) groups excluding carboxylic acids is 1. The summed E-state index contributed by atoms with van der Waals surface area (Å²) in [6.07, 6.45) is 0. The van der Waals surface area contributed by atoms with Gasteiger partial charge in [0, 0.05) is 25.2 Å². The van der Waals surface area contributed by atoms with Crippen molar-refractivity contribution in [3.05, 3.63) is 59.4 Å². The van der Waals surface area contributed by atoms with E-state index in [4.69, 9.17) is 14.2 Å². The van der Waals surface area contributed by atoms with Crippen LogP contribution >= 0.6 is 0 Å². The van der Waals surface area contributed by atoms with Crippen molar-refractivity contribution in [2.45, 2.75) is 6.04 Å². The van der Waals surface area contributed by atoms with E-state index in [1.807, 2.05) is 0 Å². The number of morpholine rings is 1. The van der Waals surface area contributed by atoms with E-state index in [0.717, 1.165) is 18.7 Å². The molecule has 28 heavy (non-hydrogen) atoms. The van der Waals surface area contributed by atoms with Crippen LogP contribution in [0.5, 0.6) is 11.5 Å². The molecule has 7 heteroatoms. The number of nitrogens with zero attached hydrogens (tertiary/aromatic N) is 1. The maximum absolute atomic E-state index is 13.3. The third-order valence-electron chi connectivity index (χ3n) is 4.84. The highest BCUT2D eigenvalue weighted by Crippen LogP contribution is 2.28. The number of amides is 1. The highest BCUT2D eigenvalue weighted by atomic mass is 19.1. The van der Waals surface area contributed by atoms with Crippen molar-refractivity contribution in [1.82, 2.24) is 10.2 Å². The Labute approximate surface area is 164 Å². The standard InChI is InChI=1S/C21H25FN2O4/c1-26-19-8-5-16(13-20(19)27-2)21(25)23-14-18(24-9-11-28-12-10-24)15-3-6-17(22)7-4-15/h3-8,13,18H,9-12,14H2,1-2H3,(H,23,25). The number of hydrogen-bond donors (Lipinski definition) is 1. The van der Waals surface area contributed by atoms with Crippen molar-refractivity contribution in [1.29, 1.82) is 0 Å². The maximum Gasteiger partial charge on any atom is 0.251 e. The molecule has 150 valence electrons. The summed E-state index contributed by atoms with van der Waals surface area (Å²) in [5.41, 5.74) is 1.44. The Kier molecular flexibility index (Phi) is 6.84. The molecule has 0 bridgehead atoms. The van der Waals surface area contributed by atoms with Gasteiger partial charge in [-0.3, -0.25) is 9.69 Å². The fourth-order valence-corrected chi connectivity index (χ4v) is 3.30. The minimum atomic E-state index is -0.279. The maximum atomic E-state index is 13.3. The third kappa shape index (κ3) is 4.79. The van der Waals surface area contributed by atoms with E-state index in [0.29, 0.717) is 36.8 Å². The Morgan fingerprint density at radius 1 is 1.11 bits per heavy atom. The Bertz CT molecular complexity index is 791. The molecule has 1 fully saturated rings. The van der Waals surface area contributed by atoms with E-state index in [9.17, 15) is 9.18 Å². The van der Waals surface area contributed by atoms with Gasteiger partial charge in [0.25, 0.3) is 5.91 Å². The topological polar surface area (TPSA) is 60.0 Å². The number of rotatable bonds is 7. The summed E-state index contributed by atoms with van der Waals surface area (Å²) in [6, 6.07) is 11.4. The lowest BCUT2D eigenvalue weighted by atomic mass is 10.0. The van der Waals surface area contributed by atoms with Gasteiger partial charge in [0.15, 0.2) is 11.5 Å². The first-order valence-corrected chi connectivity index (χ1v) is 9.20. The average molecular weight is 388 g/mol. The molecule has 1 aliphatic heterocycles. The lowest BCUT2D eigenvalue weighted by Crippen LogP contribution is -2.43. The van der Waals surface area contributed by atoms with Crippen molar-refractivity contribution in [2.24, 2.45) is 0 Å². The van der Waals surface area contributed by atoms with Gasteiger partial charge in [0.2, 0.25) is 0 Å². The average Bonchev–Trinajstić information content (AvgIpc) is 2.75. The van der Waals surface area contributed by atoms with Crippen molar-refractivity contribution < 1.29 is 23.4 Å². The van der Waals surface area contributed by atoms with Gasteiger partial charge in [-0.2, -0.15) is 0 Å². The van der Waals surface area contributed by atoms with Crippen LogP contribution in [-0.2, 0) is 4.74 Å². The highest BCUT2D eigenvalue weighted by Gasteiger charge is 2.23. The van der Waals surface area contributed by atoms with Crippen LogP contribution in [0.25, 0.3) is 0 Å². The van der Waals surface area contributed by atoms with E-state index in [-0.39, 0.29) is 17.8 Å². The molecule has 1 saturated heterocycles. The molecule has 3 rings (SSSR count). The molecule has 2 aromatic carbocycles. The number of nitrogens with one attached hydrogen (secondary N) is 1. The van der Waals surface area contributed by atoms with E-state index in [1.54, 1.807) is 37.4 Å². The zero-order valence-electron chi connectivity index (χ0n) is 16.1. The summed E-state index contributed by atoms with van der Waals surface area (Å²) in [5, 5.41) is 2.99. The van der Waals surface area contributed by atoms with Crippen molar-refractivity contribution >= 4 is 5.91 Å². The highest BCUT2D eigenvalue weighted by molar-refractivity contribution is 5.94. The molecule has 6 nitrogen and oxygen atoms in total. The number of benzene rings is 2. The second-order valence-electron chi connectivity index (χ2n) is 6.50. The quantitative estimate of drug-likeness (QED) is 0.790. The molecule has 0 spiro atoms. The first kappa shape index (κ1) is 20.1. The van der Waals surface area contributed by atoms with Crippen LogP contribution in [0.1, 0.15) is 22.0 Å². The molecule has 1 aliphatic rings. The first-order valence-electron chi connectivity index (χ1n) is 9.20. The summed E-state index contributed by atoms with van der Waals surface area (Å²) in [6.45, 7) is 3.20. The van der Waals surface area contributed by atoms with E-state index < -0.39 is 0 Å². The van der Waals surface area contributed by atoms with Gasteiger partial charge in [0.05, 0.1) is 33.5 Å². The number of halogens is 1. The molecular weight excluding hydrogens is 363 g/mol. The smallest absolute Gasteiger partial charge is 0.251 e. The monoisotopic (exact) mass is 388 g/mol. The largest absolute Gasteiger partial charge is 0.493 e. The second-order valence-corrected chi connectivity index (χ2v) is 6.50. The third-order valence-corrected chi connectivity index (χ3v) is 4.84. The molecule has 0 radical (unpaired) electrons. The summed E-state index contributed by atoms with van der Waals surface area (Å²) in [7, 11) is 3.08. The molecule has 1 unspecified atom stereocenters. The Morgan fingerprint density at radius 2 is 1.79 bits per heavy atom. The van der Waals surface area contributed by atoms with E-state index >= 15 is 0 Å². The van der Waals surface area contributed by atoms with Crippen LogP contribution in [0.3, 0.4) is 0 Å². The fraction of sp³-hybridized carbons (Fsp3) is 0.381. The van der Waals surface area contributed by atoms with Crippen molar-refractivity contribution in [2.75, 3.05) is 47.1 Å². The predicted octanol–water partition coefficient (Wildman–Crippen LogP) is 2.65.